The molecule has 2 atom stereocenters. The van der Waals surface area contributed by atoms with E-state index in [2.05, 4.69) is 4.98 Å². The lowest BCUT2D eigenvalue weighted by Crippen LogP contribution is -2.38. The van der Waals surface area contributed by atoms with Crippen molar-refractivity contribution in [2.75, 3.05) is 7.05 Å². The highest BCUT2D eigenvalue weighted by molar-refractivity contribution is 6.31. The highest BCUT2D eigenvalue weighted by atomic mass is 35.5. The van der Waals surface area contributed by atoms with Crippen molar-refractivity contribution in [3.05, 3.63) is 47.0 Å². The van der Waals surface area contributed by atoms with Crippen LogP contribution in [0.25, 0.3) is 5.69 Å². The molecule has 1 aliphatic heterocycles. The third kappa shape index (κ3) is 1.33. The lowest BCUT2D eigenvalue weighted by molar-refractivity contribution is 0.0706. The van der Waals surface area contributed by atoms with Crippen molar-refractivity contribution in [2.24, 2.45) is 0 Å². The Morgan fingerprint density at radius 3 is 2.95 bits per heavy atom. The second kappa shape index (κ2) is 3.77. The molecule has 0 radical (unpaired) electrons. The number of aromatic nitrogens is 2. The number of hydrogen-bond donors (Lipinski definition) is 0. The molecule has 2 aliphatic rings. The van der Waals surface area contributed by atoms with Crippen LogP contribution in [-0.4, -0.2) is 32.8 Å². The number of carbonyl (C=O) groups excluding carboxylic acids is 1. The van der Waals surface area contributed by atoms with E-state index in [1.807, 2.05) is 10.6 Å². The summed E-state index contributed by atoms with van der Waals surface area (Å²) in [6.07, 6.45) is 6.01. The summed E-state index contributed by atoms with van der Waals surface area (Å²) in [5.74, 6) is -0.0729. The van der Waals surface area contributed by atoms with Gasteiger partial charge in [0, 0.05) is 31.2 Å². The predicted octanol–water partition coefficient (Wildman–Crippen LogP) is 2.82. The molecule has 2 unspecified atom stereocenters. The zero-order chi connectivity index (χ0) is 14.1. The molecule has 2 aromatic rings. The van der Waals surface area contributed by atoms with E-state index in [4.69, 9.17) is 23.2 Å². The van der Waals surface area contributed by atoms with Gasteiger partial charge in [-0.1, -0.05) is 11.6 Å². The Morgan fingerprint density at radius 1 is 1.50 bits per heavy atom. The monoisotopic (exact) mass is 307 g/mol. The van der Waals surface area contributed by atoms with Gasteiger partial charge in [-0.15, -0.1) is 11.6 Å². The summed E-state index contributed by atoms with van der Waals surface area (Å²) in [6.45, 7) is 0. The van der Waals surface area contributed by atoms with Crippen LogP contribution in [0.5, 0.6) is 0 Å². The van der Waals surface area contributed by atoms with Gasteiger partial charge in [0.15, 0.2) is 0 Å². The van der Waals surface area contributed by atoms with Gasteiger partial charge in [-0.05, 0) is 18.6 Å². The van der Waals surface area contributed by atoms with Crippen LogP contribution in [0.15, 0.2) is 30.7 Å². The Morgan fingerprint density at radius 2 is 2.25 bits per heavy atom. The predicted molar refractivity (Wildman–Crippen MR) is 76.6 cm³/mol. The van der Waals surface area contributed by atoms with Gasteiger partial charge in [0.2, 0.25) is 0 Å². The molecule has 1 saturated carbocycles. The van der Waals surface area contributed by atoms with E-state index in [1.165, 1.54) is 0 Å². The van der Waals surface area contributed by atoms with E-state index in [9.17, 15) is 4.79 Å². The normalized spacial score (nSPS) is 27.2. The molecule has 1 aliphatic carbocycles. The number of hydrogen-bond acceptors (Lipinski definition) is 2. The molecule has 4 rings (SSSR count). The van der Waals surface area contributed by atoms with Crippen molar-refractivity contribution in [3.8, 4) is 5.69 Å². The summed E-state index contributed by atoms with van der Waals surface area (Å²) < 4.78 is 1.83. The standard InChI is InChI=1S/C14H11Cl2N3O/c1-18-13(20)11-4-8(15)7-19(11)10-2-3-17-6-9(10)14(18)5-12(14)16/h2-4,6-7,12H,5H2,1H3. The highest BCUT2D eigenvalue weighted by Crippen LogP contribution is 2.57. The number of nitrogens with zero attached hydrogens (tertiary/aromatic N) is 3. The molecule has 0 bridgehead atoms. The molecule has 20 heavy (non-hydrogen) atoms. The van der Waals surface area contributed by atoms with Gasteiger partial charge in [0.25, 0.3) is 5.91 Å². The van der Waals surface area contributed by atoms with E-state index in [0.717, 1.165) is 17.7 Å². The second-order valence-corrected chi connectivity index (χ2v) is 6.23. The van der Waals surface area contributed by atoms with Gasteiger partial charge in [-0.25, -0.2) is 0 Å². The molecule has 102 valence electrons. The summed E-state index contributed by atoms with van der Waals surface area (Å²) >= 11 is 12.4. The van der Waals surface area contributed by atoms with Gasteiger partial charge in [-0.3, -0.25) is 9.78 Å². The third-order valence-corrected chi connectivity index (χ3v) is 5.00. The molecule has 1 spiro atoms. The molecule has 0 N–H and O–H groups in total. The maximum absolute atomic E-state index is 12.7. The number of pyridine rings is 1. The van der Waals surface area contributed by atoms with Crippen molar-refractivity contribution in [2.45, 2.75) is 17.3 Å². The van der Waals surface area contributed by atoms with Gasteiger partial charge in [-0.2, -0.15) is 0 Å². The largest absolute Gasteiger partial charge is 0.329 e. The maximum Gasteiger partial charge on any atom is 0.271 e. The molecule has 4 nitrogen and oxygen atoms in total. The van der Waals surface area contributed by atoms with Crippen LogP contribution in [0.3, 0.4) is 0 Å². The fourth-order valence-corrected chi connectivity index (χ4v) is 3.80. The smallest absolute Gasteiger partial charge is 0.271 e. The first kappa shape index (κ1) is 12.2. The van der Waals surface area contributed by atoms with Gasteiger partial charge in [0.05, 0.1) is 21.6 Å². The molecule has 0 aromatic carbocycles. The van der Waals surface area contributed by atoms with Gasteiger partial charge < -0.3 is 9.47 Å². The van der Waals surface area contributed by atoms with Gasteiger partial charge >= 0.3 is 0 Å². The summed E-state index contributed by atoms with van der Waals surface area (Å²) in [7, 11) is 1.79. The quantitative estimate of drug-likeness (QED) is 0.702. The molecule has 0 saturated heterocycles. The Balaban J connectivity index is 2.08. The SMILES string of the molecule is CN1C(=O)c2cc(Cl)cn2-c2ccncc2C12CC2Cl. The fourth-order valence-electron chi connectivity index (χ4n) is 3.10. The first-order chi connectivity index (χ1) is 9.55. The first-order valence-electron chi connectivity index (χ1n) is 6.30. The van der Waals surface area contributed by atoms with Crippen LogP contribution in [0.2, 0.25) is 5.02 Å². The number of halogens is 2. The second-order valence-electron chi connectivity index (χ2n) is 5.27. The Kier molecular flexibility index (Phi) is 2.31. The molecule has 3 heterocycles. The van der Waals surface area contributed by atoms with E-state index in [0.29, 0.717) is 10.7 Å². The molecule has 1 amide bonds. The van der Waals surface area contributed by atoms with Crippen LogP contribution in [0.4, 0.5) is 0 Å². The van der Waals surface area contributed by atoms with Crippen molar-refractivity contribution in [1.82, 2.24) is 14.5 Å². The first-order valence-corrected chi connectivity index (χ1v) is 7.12. The minimum absolute atomic E-state index is 0.0729. The Bertz CT molecular complexity index is 742. The number of fused-ring (bicyclic) bond motifs is 4. The molecular weight excluding hydrogens is 297 g/mol. The lowest BCUT2D eigenvalue weighted by atomic mass is 10.0. The minimum Gasteiger partial charge on any atom is -0.329 e. The third-order valence-electron chi connectivity index (χ3n) is 4.28. The van der Waals surface area contributed by atoms with E-state index >= 15 is 0 Å². The van der Waals surface area contributed by atoms with Crippen LogP contribution in [0.1, 0.15) is 22.5 Å². The number of rotatable bonds is 0. The highest BCUT2D eigenvalue weighted by Gasteiger charge is 2.61. The summed E-state index contributed by atoms with van der Waals surface area (Å²) in [5.41, 5.74) is 2.00. The van der Waals surface area contributed by atoms with E-state index in [1.54, 1.807) is 36.6 Å². The number of carbonyl (C=O) groups is 1. The van der Waals surface area contributed by atoms with Crippen molar-refractivity contribution in [3.63, 3.8) is 0 Å². The van der Waals surface area contributed by atoms with Crippen molar-refractivity contribution in [1.29, 1.82) is 0 Å². The van der Waals surface area contributed by atoms with Crippen molar-refractivity contribution < 1.29 is 4.79 Å². The topological polar surface area (TPSA) is 38.1 Å². The number of alkyl halides is 1. The molecule has 6 heteroatoms. The average Bonchev–Trinajstić information content (AvgIpc) is 2.98. The van der Waals surface area contributed by atoms with Crippen LogP contribution < -0.4 is 0 Å². The average molecular weight is 308 g/mol. The summed E-state index contributed by atoms with van der Waals surface area (Å²) in [6, 6.07) is 3.58. The maximum atomic E-state index is 12.7. The van der Waals surface area contributed by atoms with Crippen LogP contribution >= 0.6 is 23.2 Å². The minimum atomic E-state index is -0.451. The zero-order valence-corrected chi connectivity index (χ0v) is 12.2. The van der Waals surface area contributed by atoms with Crippen molar-refractivity contribution >= 4 is 29.1 Å². The molecular formula is C14H11Cl2N3O. The molecule has 2 aromatic heterocycles. The van der Waals surface area contributed by atoms with Gasteiger partial charge in [0.1, 0.15) is 5.69 Å². The molecule has 1 fully saturated rings. The van der Waals surface area contributed by atoms with Crippen LogP contribution in [0, 0.1) is 0 Å². The Labute approximate surface area is 125 Å². The Hall–Kier alpha value is -1.52. The van der Waals surface area contributed by atoms with E-state index in [-0.39, 0.29) is 11.3 Å². The summed E-state index contributed by atoms with van der Waals surface area (Å²) in [4.78, 5) is 18.6. The summed E-state index contributed by atoms with van der Waals surface area (Å²) in [5, 5.41) is 0.457. The fraction of sp³-hybridized carbons (Fsp3) is 0.286. The number of amides is 1. The lowest BCUT2D eigenvalue weighted by Gasteiger charge is -2.27. The van der Waals surface area contributed by atoms with Crippen LogP contribution in [-0.2, 0) is 5.54 Å². The zero-order valence-electron chi connectivity index (χ0n) is 10.7. The van der Waals surface area contributed by atoms with E-state index < -0.39 is 5.54 Å².